The molecule has 84 valence electrons. The largest absolute Gasteiger partial charge is 0.270 e. The van der Waals surface area contributed by atoms with Gasteiger partial charge in [0.1, 0.15) is 0 Å². The molecule has 2 unspecified atom stereocenters. The molecule has 0 aromatic rings. The molecule has 2 atom stereocenters. The second-order valence-electron chi connectivity index (χ2n) is 3.49. The van der Waals surface area contributed by atoms with Gasteiger partial charge in [0.2, 0.25) is 0 Å². The lowest BCUT2D eigenvalue weighted by molar-refractivity contribution is 0.337. The Morgan fingerprint density at radius 1 is 1.29 bits per heavy atom. The summed E-state index contributed by atoms with van der Waals surface area (Å²) in [4.78, 5) is 0. The van der Waals surface area contributed by atoms with E-state index in [4.69, 9.17) is 0 Å². The van der Waals surface area contributed by atoms with Gasteiger partial charge in [-0.1, -0.05) is 0 Å². The van der Waals surface area contributed by atoms with Crippen LogP contribution in [0.4, 0.5) is 0 Å². The van der Waals surface area contributed by atoms with E-state index in [9.17, 15) is 16.8 Å². The SMILES string of the molecule is CCOS(=O)(=O)CC1CC1S(C)(=O)=O. The molecule has 7 heteroatoms. The van der Waals surface area contributed by atoms with Gasteiger partial charge in [0.05, 0.1) is 17.6 Å². The molecule has 0 N–H and O–H groups in total. The van der Waals surface area contributed by atoms with Gasteiger partial charge < -0.3 is 0 Å². The van der Waals surface area contributed by atoms with Gasteiger partial charge in [-0.25, -0.2) is 8.42 Å². The van der Waals surface area contributed by atoms with Crippen molar-refractivity contribution in [3.05, 3.63) is 0 Å². The van der Waals surface area contributed by atoms with Gasteiger partial charge in [0.15, 0.2) is 9.84 Å². The molecule has 1 fully saturated rings. The van der Waals surface area contributed by atoms with Crippen LogP contribution in [-0.2, 0) is 24.1 Å². The molecule has 0 amide bonds. The molecule has 1 rings (SSSR count). The molecule has 0 aromatic heterocycles. The normalized spacial score (nSPS) is 27.6. The molecular formula is C7H14O5S2. The average Bonchev–Trinajstić information content (AvgIpc) is 2.63. The summed E-state index contributed by atoms with van der Waals surface area (Å²) in [5.74, 6) is -0.458. The Kier molecular flexibility index (Phi) is 3.23. The Bertz CT molecular complexity index is 394. The Morgan fingerprint density at radius 3 is 2.21 bits per heavy atom. The van der Waals surface area contributed by atoms with E-state index >= 15 is 0 Å². The van der Waals surface area contributed by atoms with Gasteiger partial charge in [0, 0.05) is 6.26 Å². The van der Waals surface area contributed by atoms with Crippen LogP contribution in [0.5, 0.6) is 0 Å². The van der Waals surface area contributed by atoms with Crippen LogP contribution in [-0.4, -0.2) is 40.7 Å². The summed E-state index contributed by atoms with van der Waals surface area (Å²) < 4.78 is 48.8. The van der Waals surface area contributed by atoms with Crippen molar-refractivity contribution in [2.75, 3.05) is 18.6 Å². The van der Waals surface area contributed by atoms with Gasteiger partial charge in [-0.15, -0.1) is 0 Å². The fraction of sp³-hybridized carbons (Fsp3) is 1.00. The third-order valence-electron chi connectivity index (χ3n) is 2.12. The zero-order valence-electron chi connectivity index (χ0n) is 8.13. The first-order chi connectivity index (χ1) is 6.26. The van der Waals surface area contributed by atoms with E-state index in [1.165, 1.54) is 0 Å². The lowest BCUT2D eigenvalue weighted by Crippen LogP contribution is -2.15. The van der Waals surface area contributed by atoms with E-state index in [2.05, 4.69) is 4.18 Å². The average molecular weight is 242 g/mol. The predicted octanol–water partition coefficient (Wildman–Crippen LogP) is -0.214. The zero-order valence-corrected chi connectivity index (χ0v) is 9.77. The topological polar surface area (TPSA) is 77.5 Å². The molecule has 0 radical (unpaired) electrons. The van der Waals surface area contributed by atoms with Gasteiger partial charge in [-0.2, -0.15) is 8.42 Å². The fourth-order valence-corrected chi connectivity index (χ4v) is 4.27. The van der Waals surface area contributed by atoms with E-state index in [1.807, 2.05) is 0 Å². The summed E-state index contributed by atoms with van der Waals surface area (Å²) in [5.41, 5.74) is 0. The van der Waals surface area contributed by atoms with Crippen LogP contribution in [0.1, 0.15) is 13.3 Å². The summed E-state index contributed by atoms with van der Waals surface area (Å²) in [7, 11) is -6.61. The van der Waals surface area contributed by atoms with Crippen LogP contribution in [0.25, 0.3) is 0 Å². The molecule has 1 aliphatic rings. The first kappa shape index (κ1) is 11.9. The van der Waals surface area contributed by atoms with E-state index in [0.29, 0.717) is 6.42 Å². The smallest absolute Gasteiger partial charge is 0.267 e. The molecule has 5 nitrogen and oxygen atoms in total. The minimum absolute atomic E-state index is 0.0958. The third-order valence-corrected chi connectivity index (χ3v) is 5.23. The molecule has 0 bridgehead atoms. The highest BCUT2D eigenvalue weighted by Crippen LogP contribution is 2.37. The lowest BCUT2D eigenvalue weighted by Gasteiger charge is -2.01. The van der Waals surface area contributed by atoms with Crippen LogP contribution < -0.4 is 0 Å². The Balaban J connectivity index is 2.52. The molecular weight excluding hydrogens is 228 g/mol. The maximum absolute atomic E-state index is 11.1. The maximum Gasteiger partial charge on any atom is 0.267 e. The Hall–Kier alpha value is -0.140. The van der Waals surface area contributed by atoms with Crippen LogP contribution in [0.3, 0.4) is 0 Å². The van der Waals surface area contributed by atoms with Crippen LogP contribution in [0.2, 0.25) is 0 Å². The maximum atomic E-state index is 11.1. The Labute approximate surface area is 84.5 Å². The summed E-state index contributed by atoms with van der Waals surface area (Å²) in [6.07, 6.45) is 1.57. The number of rotatable bonds is 5. The first-order valence-electron chi connectivity index (χ1n) is 4.32. The molecule has 0 saturated heterocycles. The minimum atomic E-state index is -3.53. The number of sulfone groups is 1. The number of hydrogen-bond acceptors (Lipinski definition) is 5. The Morgan fingerprint density at radius 2 is 1.86 bits per heavy atom. The molecule has 1 saturated carbocycles. The van der Waals surface area contributed by atoms with E-state index in [-0.39, 0.29) is 18.3 Å². The predicted molar refractivity (Wildman–Crippen MR) is 52.2 cm³/mol. The highest BCUT2D eigenvalue weighted by Gasteiger charge is 2.47. The van der Waals surface area contributed by atoms with Crippen molar-refractivity contribution in [1.29, 1.82) is 0 Å². The van der Waals surface area contributed by atoms with Gasteiger partial charge in [-0.3, -0.25) is 4.18 Å². The van der Waals surface area contributed by atoms with E-state index in [0.717, 1.165) is 6.26 Å². The quantitative estimate of drug-likeness (QED) is 0.623. The standard InChI is InChI=1S/C7H14O5S2/c1-3-12-14(10,11)5-6-4-7(6)13(2,8)9/h6-7H,3-5H2,1-2H3. The van der Waals surface area contributed by atoms with Crippen LogP contribution in [0, 0.1) is 5.92 Å². The van der Waals surface area contributed by atoms with Crippen molar-refractivity contribution >= 4 is 20.0 Å². The lowest BCUT2D eigenvalue weighted by atomic mass is 10.5. The van der Waals surface area contributed by atoms with E-state index < -0.39 is 25.2 Å². The summed E-state index contributed by atoms with van der Waals surface area (Å²) in [5, 5.41) is -0.488. The second kappa shape index (κ2) is 3.79. The monoisotopic (exact) mass is 242 g/mol. The van der Waals surface area contributed by atoms with Crippen molar-refractivity contribution in [3.63, 3.8) is 0 Å². The molecule has 1 aliphatic carbocycles. The van der Waals surface area contributed by atoms with Crippen molar-refractivity contribution in [2.45, 2.75) is 18.6 Å². The van der Waals surface area contributed by atoms with E-state index in [1.54, 1.807) is 6.92 Å². The highest BCUT2D eigenvalue weighted by atomic mass is 32.2. The van der Waals surface area contributed by atoms with Crippen molar-refractivity contribution in [3.8, 4) is 0 Å². The molecule has 14 heavy (non-hydrogen) atoms. The summed E-state index contributed by atoms with van der Waals surface area (Å²) >= 11 is 0. The zero-order chi connectivity index (χ0) is 11.0. The first-order valence-corrected chi connectivity index (χ1v) is 7.85. The highest BCUT2D eigenvalue weighted by molar-refractivity contribution is 7.91. The summed E-state index contributed by atoms with van der Waals surface area (Å²) in [6, 6.07) is 0. The third kappa shape index (κ3) is 3.21. The summed E-state index contributed by atoms with van der Waals surface area (Å²) in [6.45, 7) is 1.68. The second-order valence-corrected chi connectivity index (χ2v) is 7.44. The fourth-order valence-electron chi connectivity index (χ4n) is 1.41. The van der Waals surface area contributed by atoms with Gasteiger partial charge in [-0.05, 0) is 19.3 Å². The van der Waals surface area contributed by atoms with Crippen LogP contribution >= 0.6 is 0 Å². The minimum Gasteiger partial charge on any atom is -0.270 e. The molecule has 0 aromatic carbocycles. The van der Waals surface area contributed by atoms with Gasteiger partial charge >= 0.3 is 0 Å². The van der Waals surface area contributed by atoms with Crippen LogP contribution in [0.15, 0.2) is 0 Å². The molecule has 0 heterocycles. The van der Waals surface area contributed by atoms with Crippen molar-refractivity contribution < 1.29 is 21.0 Å². The molecule has 0 aliphatic heterocycles. The van der Waals surface area contributed by atoms with Crippen molar-refractivity contribution in [1.82, 2.24) is 0 Å². The number of hydrogen-bond donors (Lipinski definition) is 0. The van der Waals surface area contributed by atoms with Gasteiger partial charge in [0.25, 0.3) is 10.1 Å². The van der Waals surface area contributed by atoms with Crippen molar-refractivity contribution in [2.24, 2.45) is 5.92 Å². The molecule has 0 spiro atoms.